The summed E-state index contributed by atoms with van der Waals surface area (Å²) in [7, 11) is -2.38. The van der Waals surface area contributed by atoms with Crippen molar-refractivity contribution in [1.29, 1.82) is 0 Å². The van der Waals surface area contributed by atoms with Gasteiger partial charge < -0.3 is 4.12 Å². The molecule has 0 amide bonds. The predicted molar refractivity (Wildman–Crippen MR) is 333 cm³/mol. The van der Waals surface area contributed by atoms with E-state index in [2.05, 4.69) is 182 Å². The first-order chi connectivity index (χ1) is 35.0. The highest BCUT2D eigenvalue weighted by Crippen LogP contribution is 2.69. The van der Waals surface area contributed by atoms with Gasteiger partial charge in [0.25, 0.3) is 0 Å². The third kappa shape index (κ3) is 8.15. The predicted octanol–water partition coefficient (Wildman–Crippen LogP) is 16.6. The van der Waals surface area contributed by atoms with Crippen LogP contribution < -0.4 is 0 Å². The van der Waals surface area contributed by atoms with Gasteiger partial charge in [0.2, 0.25) is 0 Å². The van der Waals surface area contributed by atoms with Gasteiger partial charge in [-0.25, -0.2) is 0 Å². The van der Waals surface area contributed by atoms with Crippen molar-refractivity contribution in [1.82, 2.24) is 0 Å². The molecule has 8 bridgehead atoms. The maximum absolute atomic E-state index is 8.78. The first-order valence-electron chi connectivity index (χ1n) is 31.1. The maximum Gasteiger partial charge on any atom is 0.177 e. The normalized spacial score (nSPS) is 42.7. The van der Waals surface area contributed by atoms with Gasteiger partial charge in [0.05, 0.1) is 0 Å². The lowest BCUT2D eigenvalue weighted by atomic mass is 9.54. The number of rotatable bonds is 7. The zero-order valence-corrected chi connectivity index (χ0v) is 56.8. The smallest absolute Gasteiger partial charge is 0.177 e. The average Bonchev–Trinajstić information content (AvgIpc) is 3.62. The van der Waals surface area contributed by atoms with Crippen LogP contribution in [0.5, 0.6) is 0 Å². The first kappa shape index (κ1) is 53.4. The monoisotopic (exact) mass is 1070 g/mol. The number of hydrogen-bond acceptors (Lipinski definition) is 1. The van der Waals surface area contributed by atoms with Crippen molar-refractivity contribution >= 4 is 37.1 Å². The standard InChI is InChI=1S/C70H102OSi4/c1-17-52-56-38-66(8,58-28-42(2)18-24-53(56)58)37-55(47-21-23-49-33-68(10)41-70(12,35-51(49)31-47)63(73)45(68)5)61(52)75(15,16)71-74(13,14)60-39-65(7)27-26-64(6,59-29-43(3)19-25-57(59)65)36-54(60)46-20-22-48-32-67(9)40-69(11,34-50(48)30-46)62(72)44(67)4/h18-25,28-31,44-45,52,54-56,60-63H,17,26-27,32-41H2,1-16,72-73H3. The molecule has 17 unspecified atom stereocenters. The highest BCUT2D eigenvalue weighted by Gasteiger charge is 2.61. The molecule has 404 valence electrons. The zero-order valence-electron chi connectivity index (χ0n) is 50.8. The van der Waals surface area contributed by atoms with Gasteiger partial charge in [0.1, 0.15) is 0 Å². The molecule has 0 saturated heterocycles. The Labute approximate surface area is 466 Å². The quantitative estimate of drug-likeness (QED) is 0.168. The van der Waals surface area contributed by atoms with E-state index in [1.54, 1.807) is 55.6 Å². The van der Waals surface area contributed by atoms with E-state index in [9.17, 15) is 0 Å². The van der Waals surface area contributed by atoms with Crippen molar-refractivity contribution in [3.63, 3.8) is 0 Å². The molecule has 9 aliphatic rings. The molecule has 0 aliphatic heterocycles. The maximum atomic E-state index is 8.78. The Bertz CT molecular complexity index is 2950. The molecule has 4 aromatic carbocycles. The summed E-state index contributed by atoms with van der Waals surface area (Å²) in [4.78, 5) is 0. The van der Waals surface area contributed by atoms with Crippen LogP contribution in [0.15, 0.2) is 72.8 Å². The fraction of sp³-hybridized carbons (Fsp3) is 0.657. The Morgan fingerprint density at radius 1 is 0.507 bits per heavy atom. The zero-order chi connectivity index (χ0) is 53.6. The van der Waals surface area contributed by atoms with Crippen LogP contribution in [-0.2, 0) is 46.0 Å². The summed E-state index contributed by atoms with van der Waals surface area (Å²) in [6.07, 6.45) is 16.6. The van der Waals surface area contributed by atoms with E-state index in [1.165, 1.54) is 115 Å². The van der Waals surface area contributed by atoms with Crippen molar-refractivity contribution in [2.45, 2.75) is 249 Å². The highest BCUT2D eigenvalue weighted by atomic mass is 28.4. The molecule has 5 heteroatoms. The molecule has 0 spiro atoms. The van der Waals surface area contributed by atoms with Crippen LogP contribution in [0.4, 0.5) is 0 Å². The van der Waals surface area contributed by atoms with Gasteiger partial charge in [-0.3, -0.25) is 0 Å². The van der Waals surface area contributed by atoms with E-state index in [0.717, 1.165) is 22.9 Å². The van der Waals surface area contributed by atoms with Gasteiger partial charge in [-0.2, -0.15) is 0 Å². The van der Waals surface area contributed by atoms with Crippen molar-refractivity contribution in [2.24, 2.45) is 39.4 Å². The van der Waals surface area contributed by atoms with Crippen LogP contribution in [-0.4, -0.2) is 37.1 Å². The van der Waals surface area contributed by atoms with Crippen molar-refractivity contribution in [3.05, 3.63) is 140 Å². The molecule has 75 heavy (non-hydrogen) atoms. The number of benzene rings is 4. The van der Waals surface area contributed by atoms with Crippen LogP contribution in [0.1, 0.15) is 212 Å². The van der Waals surface area contributed by atoms with Gasteiger partial charge >= 0.3 is 0 Å². The second kappa shape index (κ2) is 17.4. The van der Waals surface area contributed by atoms with Gasteiger partial charge in [0, 0.05) is 20.5 Å². The van der Waals surface area contributed by atoms with Crippen LogP contribution in [0, 0.1) is 53.3 Å². The third-order valence-electron chi connectivity index (χ3n) is 26.4. The largest absolute Gasteiger partial charge is 0.455 e. The van der Waals surface area contributed by atoms with Gasteiger partial charge in [-0.15, -0.1) is 0 Å². The molecule has 9 aliphatic carbocycles. The van der Waals surface area contributed by atoms with Crippen molar-refractivity contribution < 1.29 is 4.12 Å². The molecule has 4 aromatic rings. The molecule has 0 aromatic heterocycles. The molecule has 13 rings (SSSR count). The Hall–Kier alpha value is -2.29. The van der Waals surface area contributed by atoms with Crippen molar-refractivity contribution in [3.8, 4) is 0 Å². The van der Waals surface area contributed by atoms with E-state index in [1.807, 2.05) is 0 Å². The average molecular weight is 1070 g/mol. The molecule has 1 nitrogen and oxygen atoms in total. The van der Waals surface area contributed by atoms with Gasteiger partial charge in [0.15, 0.2) is 16.6 Å². The SMILES string of the molecule is CCC1C2CC(C)(CC(c3ccc4c(c3)CC3(C)CC(C)(C4)C(C)C3[SiH3])C1[Si](C)(C)O[Si](C)(C)C1CC3(C)CCC(C)(CC1c1ccc4c(c1)CC1(C)CC(C)(C4)C(C)C1[SiH3])c1cc(C)ccc13)c1cc(C)ccc12. The lowest BCUT2D eigenvalue weighted by Crippen LogP contribution is -2.56. The summed E-state index contributed by atoms with van der Waals surface area (Å²) in [5.74, 6) is 3.78. The lowest BCUT2D eigenvalue weighted by Gasteiger charge is -2.56. The Morgan fingerprint density at radius 2 is 0.987 bits per heavy atom. The van der Waals surface area contributed by atoms with Crippen LogP contribution >= 0.6 is 0 Å². The number of fused-ring (bicyclic) bond motifs is 15. The fourth-order valence-corrected chi connectivity index (χ4v) is 35.9. The van der Waals surface area contributed by atoms with Gasteiger partial charge in [-0.1, -0.05) is 160 Å². The molecule has 0 radical (unpaired) electrons. The van der Waals surface area contributed by atoms with Crippen LogP contribution in [0.3, 0.4) is 0 Å². The van der Waals surface area contributed by atoms with Gasteiger partial charge in [-0.05, 0) is 268 Å². The van der Waals surface area contributed by atoms with Crippen LogP contribution in [0.2, 0.25) is 48.4 Å². The number of aryl methyl sites for hydroxylation is 2. The van der Waals surface area contributed by atoms with E-state index >= 15 is 0 Å². The molecule has 0 N–H and O–H groups in total. The molecular weight excluding hydrogens is 969 g/mol. The van der Waals surface area contributed by atoms with Crippen molar-refractivity contribution in [2.75, 3.05) is 0 Å². The lowest BCUT2D eigenvalue weighted by molar-refractivity contribution is 0.206. The summed E-state index contributed by atoms with van der Waals surface area (Å²) in [5.41, 5.74) is 24.5. The number of hydrogen-bond donors (Lipinski definition) is 0. The molecular formula is C70H102OSi4. The van der Waals surface area contributed by atoms with E-state index in [-0.39, 0.29) is 16.2 Å². The summed E-state index contributed by atoms with van der Waals surface area (Å²) in [6.45, 7) is 42.3. The minimum Gasteiger partial charge on any atom is -0.455 e. The van der Waals surface area contributed by atoms with Crippen LogP contribution in [0.25, 0.3) is 0 Å². The minimum atomic E-state index is -2.50. The highest BCUT2D eigenvalue weighted by molar-refractivity contribution is 6.86. The first-order valence-corrected chi connectivity index (χ1v) is 39.4. The summed E-state index contributed by atoms with van der Waals surface area (Å²) >= 11 is 0. The molecule has 4 fully saturated rings. The van der Waals surface area contributed by atoms with E-state index in [0.29, 0.717) is 56.4 Å². The second-order valence-electron chi connectivity index (χ2n) is 32.4. The second-order valence-corrected chi connectivity index (χ2v) is 43.5. The van der Waals surface area contributed by atoms with E-state index < -0.39 is 16.6 Å². The Morgan fingerprint density at radius 3 is 1.55 bits per heavy atom. The summed E-state index contributed by atoms with van der Waals surface area (Å²) in [6, 6.07) is 31.7. The molecule has 4 saturated carbocycles. The summed E-state index contributed by atoms with van der Waals surface area (Å²) < 4.78 is 8.78. The topological polar surface area (TPSA) is 9.23 Å². The van der Waals surface area contributed by atoms with E-state index in [4.69, 9.17) is 4.12 Å². The minimum absolute atomic E-state index is 0.132. The Kier molecular flexibility index (Phi) is 12.3. The Balaban J connectivity index is 0.981. The summed E-state index contributed by atoms with van der Waals surface area (Å²) in [5, 5.41) is 0. The fourth-order valence-electron chi connectivity index (χ4n) is 21.9. The third-order valence-corrected chi connectivity index (χ3v) is 40.3. The molecule has 0 heterocycles. The molecule has 17 atom stereocenters.